The maximum Gasteiger partial charge on any atom is 0.383 e. The third kappa shape index (κ3) is 2.47. The normalized spacial score (nSPS) is 27.3. The van der Waals surface area contributed by atoms with Gasteiger partial charge in [0.1, 0.15) is 0 Å². The number of amides is 1. The zero-order valence-electron chi connectivity index (χ0n) is 9.22. The van der Waals surface area contributed by atoms with Crippen molar-refractivity contribution >= 4 is 5.91 Å². The second kappa shape index (κ2) is 4.59. The van der Waals surface area contributed by atoms with Gasteiger partial charge in [0.15, 0.2) is 0 Å². The third-order valence-electron chi connectivity index (χ3n) is 3.18. The van der Waals surface area contributed by atoms with Gasteiger partial charge in [0, 0.05) is 13.1 Å². The van der Waals surface area contributed by atoms with Crippen LogP contribution in [0.15, 0.2) is 0 Å². The van der Waals surface area contributed by atoms with Crippen molar-refractivity contribution < 1.29 is 22.4 Å². The first-order valence-corrected chi connectivity index (χ1v) is 5.22. The van der Waals surface area contributed by atoms with E-state index in [-0.39, 0.29) is 19.0 Å². The Bertz CT molecular complexity index is 270. The number of nitrogens with zero attached hydrogens (tertiary/aromatic N) is 1. The molecule has 1 heterocycles. The molecule has 0 aliphatic carbocycles. The number of hydrogen-bond acceptors (Lipinski definition) is 1. The van der Waals surface area contributed by atoms with Crippen molar-refractivity contribution in [2.24, 2.45) is 11.8 Å². The number of carbonyl (C=O) groups excluding carboxylic acids is 1. The first kappa shape index (κ1) is 13.3. The Morgan fingerprint density at radius 2 is 1.88 bits per heavy atom. The van der Waals surface area contributed by atoms with Crippen LogP contribution in [0.3, 0.4) is 0 Å². The lowest BCUT2D eigenvalue weighted by Crippen LogP contribution is -2.51. The van der Waals surface area contributed by atoms with Crippen LogP contribution in [0, 0.1) is 11.8 Å². The van der Waals surface area contributed by atoms with Crippen LogP contribution in [0.2, 0.25) is 0 Å². The predicted octanol–water partition coefficient (Wildman–Crippen LogP) is 2.39. The molecule has 1 fully saturated rings. The maximum atomic E-state index is 12.8. The summed E-state index contributed by atoms with van der Waals surface area (Å²) in [6, 6.07) is 0. The molecule has 6 heteroatoms. The fraction of sp³-hybridized carbons (Fsp3) is 0.900. The third-order valence-corrected chi connectivity index (χ3v) is 3.18. The molecule has 1 aliphatic heterocycles. The van der Waals surface area contributed by atoms with Crippen LogP contribution in [-0.4, -0.2) is 36.2 Å². The summed E-state index contributed by atoms with van der Waals surface area (Å²) in [5, 5.41) is 0. The second-order valence-electron chi connectivity index (χ2n) is 4.42. The molecule has 2 unspecified atom stereocenters. The Morgan fingerprint density at radius 3 is 2.31 bits per heavy atom. The predicted molar refractivity (Wildman–Crippen MR) is 50.5 cm³/mol. The molecule has 0 saturated carbocycles. The summed E-state index contributed by atoms with van der Waals surface area (Å²) < 4.78 is 49.6. The number of hydrogen-bond donors (Lipinski definition) is 0. The molecule has 0 aromatic heterocycles. The smallest absolute Gasteiger partial charge is 0.337 e. The Labute approximate surface area is 91.6 Å². The van der Waals surface area contributed by atoms with Gasteiger partial charge in [-0.25, -0.2) is 8.78 Å². The van der Waals surface area contributed by atoms with Crippen LogP contribution in [0.5, 0.6) is 0 Å². The van der Waals surface area contributed by atoms with E-state index in [9.17, 15) is 22.4 Å². The molecule has 1 amide bonds. The Hall–Kier alpha value is -0.810. The van der Waals surface area contributed by atoms with Gasteiger partial charge in [0.05, 0.1) is 0 Å². The zero-order valence-corrected chi connectivity index (χ0v) is 9.22. The van der Waals surface area contributed by atoms with Crippen LogP contribution in [-0.2, 0) is 4.79 Å². The average molecular weight is 241 g/mol. The molecule has 94 valence electrons. The lowest BCUT2D eigenvalue weighted by Gasteiger charge is -2.36. The lowest BCUT2D eigenvalue weighted by atomic mass is 9.88. The number of likely N-dealkylation sites (tertiary alicyclic amines) is 1. The van der Waals surface area contributed by atoms with Gasteiger partial charge in [-0.05, 0) is 18.3 Å². The number of rotatable bonds is 2. The summed E-state index contributed by atoms with van der Waals surface area (Å²) >= 11 is 0. The van der Waals surface area contributed by atoms with Crippen molar-refractivity contribution in [2.45, 2.75) is 32.6 Å². The number of alkyl halides is 4. The highest BCUT2D eigenvalue weighted by Crippen LogP contribution is 2.29. The standard InChI is InChI=1S/C10H15F4NO/c1-6-3-4-15(5-7(6)2)9(16)10(13,14)8(11)12/h6-8H,3-5H2,1-2H3. The minimum absolute atomic E-state index is 0.0613. The monoisotopic (exact) mass is 241 g/mol. The van der Waals surface area contributed by atoms with Crippen LogP contribution in [0.1, 0.15) is 20.3 Å². The fourth-order valence-corrected chi connectivity index (χ4v) is 1.75. The SMILES string of the molecule is CC1CCN(C(=O)C(F)(F)C(F)F)CC1C. The van der Waals surface area contributed by atoms with Crippen molar-refractivity contribution in [1.82, 2.24) is 4.90 Å². The van der Waals surface area contributed by atoms with Gasteiger partial charge in [-0.15, -0.1) is 0 Å². The quantitative estimate of drug-likeness (QED) is 0.680. The largest absolute Gasteiger partial charge is 0.383 e. The summed E-state index contributed by atoms with van der Waals surface area (Å²) in [4.78, 5) is 12.1. The van der Waals surface area contributed by atoms with Crippen LogP contribution >= 0.6 is 0 Å². The maximum absolute atomic E-state index is 12.8. The molecule has 0 bridgehead atoms. The molecule has 1 rings (SSSR count). The molecule has 0 aromatic rings. The van der Waals surface area contributed by atoms with Crippen LogP contribution in [0.25, 0.3) is 0 Å². The molecule has 16 heavy (non-hydrogen) atoms. The molecule has 1 saturated heterocycles. The second-order valence-corrected chi connectivity index (χ2v) is 4.42. The van der Waals surface area contributed by atoms with Gasteiger partial charge >= 0.3 is 12.3 Å². The first-order valence-electron chi connectivity index (χ1n) is 5.22. The highest BCUT2D eigenvalue weighted by molar-refractivity contribution is 5.84. The molecule has 0 aromatic carbocycles. The number of carbonyl (C=O) groups is 1. The average Bonchev–Trinajstić information content (AvgIpc) is 2.20. The fourth-order valence-electron chi connectivity index (χ4n) is 1.75. The van der Waals surface area contributed by atoms with Crippen molar-refractivity contribution in [3.63, 3.8) is 0 Å². The molecule has 0 spiro atoms. The molecule has 2 nitrogen and oxygen atoms in total. The Morgan fingerprint density at radius 1 is 1.31 bits per heavy atom. The van der Waals surface area contributed by atoms with Gasteiger partial charge in [0.2, 0.25) is 0 Å². The van der Waals surface area contributed by atoms with E-state index in [2.05, 4.69) is 0 Å². The van der Waals surface area contributed by atoms with Crippen molar-refractivity contribution in [1.29, 1.82) is 0 Å². The van der Waals surface area contributed by atoms with E-state index in [0.29, 0.717) is 12.3 Å². The van der Waals surface area contributed by atoms with E-state index < -0.39 is 18.3 Å². The van der Waals surface area contributed by atoms with Gasteiger partial charge in [0.25, 0.3) is 5.91 Å². The molecule has 0 radical (unpaired) electrons. The number of halogens is 4. The molecular weight excluding hydrogens is 226 g/mol. The summed E-state index contributed by atoms with van der Waals surface area (Å²) in [6.45, 7) is 4.04. The van der Waals surface area contributed by atoms with E-state index in [1.54, 1.807) is 0 Å². The van der Waals surface area contributed by atoms with E-state index in [0.717, 1.165) is 4.90 Å². The zero-order chi connectivity index (χ0) is 12.5. The highest BCUT2D eigenvalue weighted by atomic mass is 19.3. The van der Waals surface area contributed by atoms with Gasteiger partial charge in [-0.1, -0.05) is 13.8 Å². The molecule has 2 atom stereocenters. The summed E-state index contributed by atoms with van der Waals surface area (Å²) in [5.74, 6) is -5.92. The van der Waals surface area contributed by atoms with Crippen molar-refractivity contribution in [2.75, 3.05) is 13.1 Å². The lowest BCUT2D eigenvalue weighted by molar-refractivity contribution is -0.182. The van der Waals surface area contributed by atoms with E-state index in [1.807, 2.05) is 13.8 Å². The van der Waals surface area contributed by atoms with E-state index in [4.69, 9.17) is 0 Å². The van der Waals surface area contributed by atoms with E-state index >= 15 is 0 Å². The minimum Gasteiger partial charge on any atom is -0.337 e. The highest BCUT2D eigenvalue weighted by Gasteiger charge is 2.51. The Balaban J connectivity index is 2.69. The molecule has 1 aliphatic rings. The van der Waals surface area contributed by atoms with Gasteiger partial charge < -0.3 is 4.90 Å². The van der Waals surface area contributed by atoms with Crippen molar-refractivity contribution in [3.05, 3.63) is 0 Å². The van der Waals surface area contributed by atoms with Gasteiger partial charge in [-0.2, -0.15) is 8.78 Å². The Kier molecular flexibility index (Phi) is 3.80. The summed E-state index contributed by atoms with van der Waals surface area (Å²) in [6.07, 6.45) is -3.36. The van der Waals surface area contributed by atoms with Gasteiger partial charge in [-0.3, -0.25) is 4.79 Å². The molecular formula is C10H15F4NO. The minimum atomic E-state index is -4.56. The van der Waals surface area contributed by atoms with Crippen LogP contribution in [0.4, 0.5) is 17.6 Å². The van der Waals surface area contributed by atoms with Crippen molar-refractivity contribution in [3.8, 4) is 0 Å². The molecule has 0 N–H and O–H groups in total. The van der Waals surface area contributed by atoms with Crippen LogP contribution < -0.4 is 0 Å². The summed E-state index contributed by atoms with van der Waals surface area (Å²) in [7, 11) is 0. The topological polar surface area (TPSA) is 20.3 Å². The number of piperidine rings is 1. The first-order chi connectivity index (χ1) is 7.26. The summed E-state index contributed by atoms with van der Waals surface area (Å²) in [5.41, 5.74) is 0. The van der Waals surface area contributed by atoms with E-state index in [1.165, 1.54) is 0 Å².